The zero-order chi connectivity index (χ0) is 2.71. The zero-order valence-electron chi connectivity index (χ0n) is 1.52. The topological polar surface area (TPSA) is 49.8 Å². The monoisotopic (exact) mass is 86.0 g/mol. The molecule has 0 saturated carbocycles. The summed E-state index contributed by atoms with van der Waals surface area (Å²) in [5.74, 6) is 0. The van der Waals surface area contributed by atoms with E-state index in [0.29, 0.717) is 0 Å². The molecule has 0 unspecified atom stereocenters. The van der Waals surface area contributed by atoms with Crippen molar-refractivity contribution in [1.29, 1.82) is 5.26 Å². The molecule has 0 aromatic carbocycles. The Kier molecular flexibility index (Phi) is 21.2. The second kappa shape index (κ2) is 9.61. The molecule has 2 N–H and O–H groups in total. The molecule has 3 heteroatoms. The fourth-order valence-electron chi connectivity index (χ4n) is 0. The fourth-order valence-corrected chi connectivity index (χ4v) is 0. The largest absolute Gasteiger partial charge is 0 e. The van der Waals surface area contributed by atoms with Crippen molar-refractivity contribution in [3.8, 4) is 6.19 Å². The average Bonchev–Trinajstić information content (AvgIpc) is 0.918. The quantitative estimate of drug-likeness (QED) is 0.228. The van der Waals surface area contributed by atoms with Crippen LogP contribution in [0.4, 0.5) is 0 Å². The van der Waals surface area contributed by atoms with Crippen LogP contribution < -0.4 is 5.73 Å². The Morgan fingerprint density at radius 2 is 2.00 bits per heavy atom. The van der Waals surface area contributed by atoms with Gasteiger partial charge in [0.1, 0.15) is 0 Å². The summed E-state index contributed by atoms with van der Waals surface area (Å²) < 4.78 is 0. The van der Waals surface area contributed by atoms with Crippen LogP contribution in [-0.4, -0.2) is 37.7 Å². The van der Waals surface area contributed by atoms with Gasteiger partial charge in [0.25, 0.3) is 0 Å². The number of nitriles is 1. The Bertz CT molecular complexity index is 31.1. The summed E-state index contributed by atoms with van der Waals surface area (Å²) >= 11 is 0. The van der Waals surface area contributed by atoms with Gasteiger partial charge in [0, 0.05) is 1.43 Å². The fraction of sp³-hybridized carbons (Fsp3) is 0. The standard InChI is InChI=1S/CH2N2.Ca.H2.2H/c2-1-3;;;;/h2H2;;1H;;. The first-order valence-electron chi connectivity index (χ1n) is 0.512. The smallest absolute Gasteiger partial charge is 0 e. The van der Waals surface area contributed by atoms with Gasteiger partial charge < -0.3 is 5.73 Å². The second-order valence-electron chi connectivity index (χ2n) is 0.129. The molecular weight excluding hydrogens is 80.1 g/mol. The summed E-state index contributed by atoms with van der Waals surface area (Å²) in [6.45, 7) is 0. The van der Waals surface area contributed by atoms with Crippen molar-refractivity contribution in [3.63, 3.8) is 0 Å². The minimum atomic E-state index is 0. The molecule has 0 fully saturated rings. The second-order valence-corrected chi connectivity index (χ2v) is 0.129. The van der Waals surface area contributed by atoms with Gasteiger partial charge in [-0.2, -0.15) is 5.26 Å². The van der Waals surface area contributed by atoms with Gasteiger partial charge in [-0.25, -0.2) is 0 Å². The molecule has 0 aliphatic heterocycles. The predicted molar refractivity (Wildman–Crippen MR) is 20.5 cm³/mol. The Morgan fingerprint density at radius 1 is 2.00 bits per heavy atom. The molecule has 4 heavy (non-hydrogen) atoms. The van der Waals surface area contributed by atoms with Crippen molar-refractivity contribution < 1.29 is 1.43 Å². The van der Waals surface area contributed by atoms with E-state index in [2.05, 4.69) is 5.73 Å². The van der Waals surface area contributed by atoms with Crippen molar-refractivity contribution >= 4 is 37.7 Å². The molecule has 0 aromatic heterocycles. The average molecular weight is 86.2 g/mol. The maximum absolute atomic E-state index is 7.10. The molecule has 0 bridgehead atoms. The third kappa shape index (κ3) is 20.3. The normalized spacial score (nSPS) is 1.75. The van der Waals surface area contributed by atoms with Crippen molar-refractivity contribution in [3.05, 3.63) is 0 Å². The Labute approximate surface area is 56.1 Å². The van der Waals surface area contributed by atoms with Gasteiger partial charge in [0.15, 0.2) is 6.19 Å². The van der Waals surface area contributed by atoms with Crippen LogP contribution in [0, 0.1) is 11.5 Å². The molecule has 0 spiro atoms. The molecule has 0 amide bonds. The summed E-state index contributed by atoms with van der Waals surface area (Å²) in [6.07, 6.45) is 1.25. The number of hydrogen-bond donors (Lipinski definition) is 1. The molecule has 0 heterocycles. The van der Waals surface area contributed by atoms with Gasteiger partial charge in [0.05, 0.1) is 0 Å². The maximum Gasteiger partial charge on any atom is 0 e. The molecule has 0 rings (SSSR count). The zero-order valence-corrected chi connectivity index (χ0v) is 1.52. The third-order valence-electron chi connectivity index (χ3n) is 0. The van der Waals surface area contributed by atoms with E-state index in [0.717, 1.165) is 0 Å². The van der Waals surface area contributed by atoms with Gasteiger partial charge in [-0.05, 0) is 0 Å². The van der Waals surface area contributed by atoms with Crippen molar-refractivity contribution in [1.82, 2.24) is 0 Å². The molecule has 0 radical (unpaired) electrons. The van der Waals surface area contributed by atoms with E-state index in [1.165, 1.54) is 6.19 Å². The molecule has 0 saturated heterocycles. The number of hydrogen-bond acceptors (Lipinski definition) is 2. The van der Waals surface area contributed by atoms with Crippen LogP contribution in [0.2, 0.25) is 0 Å². The summed E-state index contributed by atoms with van der Waals surface area (Å²) in [7, 11) is 0. The summed E-state index contributed by atoms with van der Waals surface area (Å²) in [5, 5.41) is 7.10. The minimum absolute atomic E-state index is 0. The minimum Gasteiger partial charge on any atom is 0 e. The first-order chi connectivity index (χ1) is 1.41. The number of nitrogens with two attached hydrogens (primary N) is 1. The summed E-state index contributed by atoms with van der Waals surface area (Å²) in [4.78, 5) is 0. The van der Waals surface area contributed by atoms with E-state index >= 15 is 0 Å². The first kappa shape index (κ1) is 8.82. The molecular formula is CH6CaN2. The molecule has 2 nitrogen and oxygen atoms in total. The van der Waals surface area contributed by atoms with Gasteiger partial charge in [-0.3, -0.25) is 0 Å². The molecule has 0 aliphatic rings. The molecule has 0 atom stereocenters. The first-order valence-corrected chi connectivity index (χ1v) is 0.512. The van der Waals surface area contributed by atoms with Crippen molar-refractivity contribution in [2.75, 3.05) is 0 Å². The van der Waals surface area contributed by atoms with Crippen LogP contribution in [-0.2, 0) is 0 Å². The SMILES string of the molecule is N#CN.[CaH2].[HH]. The Morgan fingerprint density at radius 3 is 2.00 bits per heavy atom. The molecule has 22 valence electrons. The third-order valence-corrected chi connectivity index (χ3v) is 0. The van der Waals surface area contributed by atoms with E-state index < -0.39 is 0 Å². The maximum atomic E-state index is 7.10. The molecule has 0 aromatic rings. The van der Waals surface area contributed by atoms with Gasteiger partial charge in [-0.15, -0.1) is 0 Å². The van der Waals surface area contributed by atoms with Crippen LogP contribution in [0.3, 0.4) is 0 Å². The Balaban J connectivity index is -0.0000000200. The van der Waals surface area contributed by atoms with Crippen molar-refractivity contribution in [2.24, 2.45) is 5.73 Å². The van der Waals surface area contributed by atoms with Crippen LogP contribution in [0.5, 0.6) is 0 Å². The predicted octanol–water partition coefficient (Wildman–Crippen LogP) is -1.24. The van der Waals surface area contributed by atoms with E-state index in [4.69, 9.17) is 5.26 Å². The van der Waals surface area contributed by atoms with E-state index in [-0.39, 0.29) is 39.2 Å². The van der Waals surface area contributed by atoms with Gasteiger partial charge >= 0.3 is 37.7 Å². The van der Waals surface area contributed by atoms with E-state index in [9.17, 15) is 0 Å². The van der Waals surface area contributed by atoms with Gasteiger partial charge in [0.2, 0.25) is 0 Å². The van der Waals surface area contributed by atoms with Crippen LogP contribution in [0.1, 0.15) is 1.43 Å². The van der Waals surface area contributed by atoms with Crippen LogP contribution >= 0.6 is 0 Å². The van der Waals surface area contributed by atoms with E-state index in [1.54, 1.807) is 0 Å². The number of rotatable bonds is 0. The Hall–Kier alpha value is 0.550. The molecule has 0 aliphatic carbocycles. The summed E-state index contributed by atoms with van der Waals surface area (Å²) in [6, 6.07) is 0. The van der Waals surface area contributed by atoms with Gasteiger partial charge in [-0.1, -0.05) is 0 Å². The van der Waals surface area contributed by atoms with E-state index in [1.807, 2.05) is 0 Å². The van der Waals surface area contributed by atoms with Crippen LogP contribution in [0.15, 0.2) is 0 Å². The number of nitrogens with zero attached hydrogens (tertiary/aromatic N) is 1. The van der Waals surface area contributed by atoms with Crippen molar-refractivity contribution in [2.45, 2.75) is 0 Å². The van der Waals surface area contributed by atoms with Crippen LogP contribution in [0.25, 0.3) is 0 Å². The summed E-state index contributed by atoms with van der Waals surface area (Å²) in [5.41, 5.74) is 4.15.